The van der Waals surface area contributed by atoms with E-state index in [0.717, 1.165) is 35.1 Å². The van der Waals surface area contributed by atoms with Gasteiger partial charge in [0.25, 0.3) is 0 Å². The summed E-state index contributed by atoms with van der Waals surface area (Å²) >= 11 is 0. The highest BCUT2D eigenvalue weighted by Crippen LogP contribution is 2.46. The van der Waals surface area contributed by atoms with Crippen LogP contribution in [0.25, 0.3) is 11.0 Å². The molecule has 4 rings (SSSR count). The summed E-state index contributed by atoms with van der Waals surface area (Å²) < 4.78 is 1.77. The Morgan fingerprint density at radius 3 is 2.67 bits per heavy atom. The molecule has 1 aliphatic rings. The van der Waals surface area contributed by atoms with E-state index in [2.05, 4.69) is 42.9 Å². The maximum Gasteiger partial charge on any atom is 0.308 e. The van der Waals surface area contributed by atoms with Gasteiger partial charge in [0, 0.05) is 7.05 Å². The summed E-state index contributed by atoms with van der Waals surface area (Å²) in [5.41, 5.74) is 6.18. The number of pyridine rings is 1. The lowest BCUT2D eigenvalue weighted by Crippen LogP contribution is -2.26. The van der Waals surface area contributed by atoms with Crippen LogP contribution in [0.4, 0.5) is 11.5 Å². The quantitative estimate of drug-likeness (QED) is 0.661. The zero-order valence-corrected chi connectivity index (χ0v) is 16.1. The molecule has 0 N–H and O–H groups in total. The number of nitrogens with zero attached hydrogens (tertiary/aromatic N) is 4. The largest absolute Gasteiger partial charge is 0.308 e. The first-order valence-electron chi connectivity index (χ1n) is 9.16. The Morgan fingerprint density at radius 2 is 1.96 bits per heavy atom. The lowest BCUT2D eigenvalue weighted by molar-refractivity contribution is -0.112. The van der Waals surface area contributed by atoms with Crippen molar-refractivity contribution in [1.29, 1.82) is 0 Å². The molecule has 0 saturated heterocycles. The van der Waals surface area contributed by atoms with E-state index >= 15 is 0 Å². The third kappa shape index (κ3) is 3.08. The van der Waals surface area contributed by atoms with Crippen LogP contribution in [0.1, 0.15) is 42.4 Å². The van der Waals surface area contributed by atoms with Gasteiger partial charge in [-0.1, -0.05) is 12.0 Å². The SMILES string of the molecule is CC#CC(=O)N(c1ccc2c(cnn2C)n1)c1cc(C)c(C)cc1C1CC1. The Kier molecular flexibility index (Phi) is 4.19. The first-order valence-corrected chi connectivity index (χ1v) is 9.16. The molecule has 0 atom stereocenters. The average molecular weight is 358 g/mol. The molecule has 0 spiro atoms. The first kappa shape index (κ1) is 17.3. The van der Waals surface area contributed by atoms with Crippen molar-refractivity contribution in [1.82, 2.24) is 14.8 Å². The minimum atomic E-state index is -0.265. The van der Waals surface area contributed by atoms with E-state index in [-0.39, 0.29) is 5.91 Å². The van der Waals surface area contributed by atoms with Gasteiger partial charge in [0.2, 0.25) is 0 Å². The number of benzene rings is 1. The molecule has 1 amide bonds. The molecule has 5 nitrogen and oxygen atoms in total. The number of fused-ring (bicyclic) bond motifs is 1. The third-order valence-corrected chi connectivity index (χ3v) is 5.15. The number of anilines is 2. The summed E-state index contributed by atoms with van der Waals surface area (Å²) in [5.74, 6) is 6.24. The molecule has 2 heterocycles. The Bertz CT molecular complexity index is 1110. The molecule has 1 fully saturated rings. The fraction of sp³-hybridized carbons (Fsp3) is 0.318. The van der Waals surface area contributed by atoms with Gasteiger partial charge >= 0.3 is 5.91 Å². The molecule has 27 heavy (non-hydrogen) atoms. The van der Waals surface area contributed by atoms with Gasteiger partial charge in [-0.25, -0.2) is 4.98 Å². The zero-order chi connectivity index (χ0) is 19.1. The molecule has 1 saturated carbocycles. The summed E-state index contributed by atoms with van der Waals surface area (Å²) in [6, 6.07) is 8.12. The predicted molar refractivity (Wildman–Crippen MR) is 107 cm³/mol. The van der Waals surface area contributed by atoms with Gasteiger partial charge in [-0.15, -0.1) is 0 Å². The minimum absolute atomic E-state index is 0.265. The Labute approximate surface area is 159 Å². The van der Waals surface area contributed by atoms with E-state index in [0.29, 0.717) is 11.7 Å². The normalized spacial score (nSPS) is 13.3. The maximum atomic E-state index is 13.0. The molecular formula is C22H22N4O. The van der Waals surface area contributed by atoms with Gasteiger partial charge in [-0.05, 0) is 80.3 Å². The molecule has 1 aliphatic carbocycles. The molecule has 1 aromatic carbocycles. The van der Waals surface area contributed by atoms with Crippen molar-refractivity contribution in [2.24, 2.45) is 7.05 Å². The second-order valence-electron chi connectivity index (χ2n) is 7.13. The van der Waals surface area contributed by atoms with Crippen LogP contribution in [0.5, 0.6) is 0 Å². The summed E-state index contributed by atoms with van der Waals surface area (Å²) in [7, 11) is 1.88. The second kappa shape index (κ2) is 6.55. The summed E-state index contributed by atoms with van der Waals surface area (Å²) in [6.45, 7) is 5.86. The third-order valence-electron chi connectivity index (χ3n) is 5.15. The highest BCUT2D eigenvalue weighted by atomic mass is 16.2. The smallest absolute Gasteiger partial charge is 0.266 e. The number of carbonyl (C=O) groups is 1. The van der Waals surface area contributed by atoms with Crippen molar-refractivity contribution < 1.29 is 4.79 Å². The molecular weight excluding hydrogens is 336 g/mol. The van der Waals surface area contributed by atoms with E-state index in [1.807, 2.05) is 19.2 Å². The van der Waals surface area contributed by atoms with E-state index in [1.54, 1.807) is 22.7 Å². The number of aromatic nitrogens is 3. The molecule has 0 bridgehead atoms. The van der Waals surface area contributed by atoms with Crippen molar-refractivity contribution >= 4 is 28.4 Å². The van der Waals surface area contributed by atoms with Crippen LogP contribution in [-0.2, 0) is 11.8 Å². The van der Waals surface area contributed by atoms with Crippen LogP contribution >= 0.6 is 0 Å². The molecule has 5 heteroatoms. The Balaban J connectivity index is 1.92. The fourth-order valence-electron chi connectivity index (χ4n) is 3.39. The predicted octanol–water partition coefficient (Wildman–Crippen LogP) is 4.15. The van der Waals surface area contributed by atoms with Crippen LogP contribution in [0.3, 0.4) is 0 Å². The number of carbonyl (C=O) groups excluding carboxylic acids is 1. The average Bonchev–Trinajstić information content (AvgIpc) is 3.42. The van der Waals surface area contributed by atoms with Gasteiger partial charge in [0.15, 0.2) is 0 Å². The number of rotatable bonds is 3. The van der Waals surface area contributed by atoms with Gasteiger partial charge < -0.3 is 0 Å². The molecule has 0 aliphatic heterocycles. The van der Waals surface area contributed by atoms with Crippen molar-refractivity contribution in [3.63, 3.8) is 0 Å². The van der Waals surface area contributed by atoms with Gasteiger partial charge in [0.1, 0.15) is 11.3 Å². The first-order chi connectivity index (χ1) is 13.0. The summed E-state index contributed by atoms with van der Waals surface area (Å²) in [4.78, 5) is 19.3. The molecule has 3 aromatic rings. The lowest BCUT2D eigenvalue weighted by atomic mass is 9.99. The number of hydrogen-bond acceptors (Lipinski definition) is 3. The lowest BCUT2D eigenvalue weighted by Gasteiger charge is -2.24. The standard InChI is InChI=1S/C22H22N4O/c1-5-6-22(27)26(21-10-9-19-18(24-21)13-23-25(19)4)20-12-15(3)14(2)11-17(20)16-7-8-16/h9-13,16H,7-8H2,1-4H3. The van der Waals surface area contributed by atoms with Crippen LogP contribution in [0, 0.1) is 25.7 Å². The van der Waals surface area contributed by atoms with Crippen molar-refractivity contribution in [2.75, 3.05) is 4.90 Å². The maximum absolute atomic E-state index is 13.0. The molecule has 0 unspecified atom stereocenters. The fourth-order valence-corrected chi connectivity index (χ4v) is 3.39. The monoisotopic (exact) mass is 358 g/mol. The highest BCUT2D eigenvalue weighted by Gasteiger charge is 2.31. The molecule has 136 valence electrons. The molecule has 2 aromatic heterocycles. The van der Waals surface area contributed by atoms with E-state index in [1.165, 1.54) is 11.1 Å². The topological polar surface area (TPSA) is 51.0 Å². The number of hydrogen-bond donors (Lipinski definition) is 0. The van der Waals surface area contributed by atoms with Crippen LogP contribution in [0.15, 0.2) is 30.5 Å². The highest BCUT2D eigenvalue weighted by molar-refractivity contribution is 6.11. The van der Waals surface area contributed by atoms with Crippen molar-refractivity contribution in [3.8, 4) is 11.8 Å². The van der Waals surface area contributed by atoms with E-state index in [4.69, 9.17) is 4.98 Å². The van der Waals surface area contributed by atoms with Gasteiger partial charge in [-0.2, -0.15) is 5.10 Å². The Hall–Kier alpha value is -3.13. The van der Waals surface area contributed by atoms with E-state index < -0.39 is 0 Å². The minimum Gasteiger partial charge on any atom is -0.266 e. The van der Waals surface area contributed by atoms with E-state index in [9.17, 15) is 4.79 Å². The summed E-state index contributed by atoms with van der Waals surface area (Å²) in [6.07, 6.45) is 4.04. The Morgan fingerprint density at radius 1 is 1.22 bits per heavy atom. The van der Waals surface area contributed by atoms with Crippen molar-refractivity contribution in [2.45, 2.75) is 39.5 Å². The number of aryl methyl sites for hydroxylation is 3. The van der Waals surface area contributed by atoms with Crippen molar-refractivity contribution in [3.05, 3.63) is 47.2 Å². The van der Waals surface area contributed by atoms with Crippen LogP contribution in [-0.4, -0.2) is 20.7 Å². The molecule has 0 radical (unpaired) electrons. The van der Waals surface area contributed by atoms with Crippen LogP contribution in [0.2, 0.25) is 0 Å². The van der Waals surface area contributed by atoms with Gasteiger partial charge in [-0.3, -0.25) is 14.4 Å². The number of amides is 1. The van der Waals surface area contributed by atoms with Gasteiger partial charge in [0.05, 0.1) is 17.4 Å². The van der Waals surface area contributed by atoms with Crippen LogP contribution < -0.4 is 4.90 Å². The second-order valence-corrected chi connectivity index (χ2v) is 7.13. The zero-order valence-electron chi connectivity index (χ0n) is 16.1. The summed E-state index contributed by atoms with van der Waals surface area (Å²) in [5, 5.41) is 4.25.